The summed E-state index contributed by atoms with van der Waals surface area (Å²) in [7, 11) is 5.18. The average Bonchev–Trinajstić information content (AvgIpc) is 3.29. The normalized spacial score (nSPS) is 20.8. The summed E-state index contributed by atoms with van der Waals surface area (Å²) in [5, 5.41) is 0. The first-order valence-corrected chi connectivity index (χ1v) is 11.1. The van der Waals surface area contributed by atoms with Gasteiger partial charge in [0.1, 0.15) is 0 Å². The topological polar surface area (TPSA) is 40.2 Å². The fraction of sp³-hybridized carbons (Fsp3) is 0.520. The van der Waals surface area contributed by atoms with E-state index < -0.39 is 0 Å². The molecule has 1 atom stereocenters. The van der Waals surface area contributed by atoms with Gasteiger partial charge >= 0.3 is 0 Å². The Morgan fingerprint density at radius 2 is 1.67 bits per heavy atom. The van der Waals surface area contributed by atoms with Crippen LogP contribution in [-0.2, 0) is 19.4 Å². The van der Waals surface area contributed by atoms with Gasteiger partial charge in [0.25, 0.3) is 0 Å². The first kappa shape index (κ1) is 19.6. The molecule has 1 aliphatic carbocycles. The lowest BCUT2D eigenvalue weighted by atomic mass is 9.83. The fourth-order valence-corrected chi connectivity index (χ4v) is 5.43. The van der Waals surface area contributed by atoms with Gasteiger partial charge in [-0.15, -0.1) is 0 Å². The van der Waals surface area contributed by atoms with Gasteiger partial charge in [-0.1, -0.05) is 6.07 Å². The Hall–Kier alpha value is -2.40. The molecule has 0 N–H and O–H groups in total. The minimum Gasteiger partial charge on any atom is -0.493 e. The molecule has 1 saturated carbocycles. The van der Waals surface area contributed by atoms with E-state index in [9.17, 15) is 0 Å². The molecule has 5 nitrogen and oxygen atoms in total. The van der Waals surface area contributed by atoms with Crippen LogP contribution in [0, 0.1) is 0 Å². The molecule has 1 fully saturated rings. The summed E-state index contributed by atoms with van der Waals surface area (Å²) < 4.78 is 23.3. The number of methoxy groups -OCH3 is 3. The number of hydrogen-bond donors (Lipinski definition) is 0. The minimum atomic E-state index is 0.320. The van der Waals surface area contributed by atoms with Gasteiger partial charge in [0.15, 0.2) is 23.0 Å². The molecule has 2 aromatic rings. The zero-order valence-electron chi connectivity index (χ0n) is 18.2. The van der Waals surface area contributed by atoms with Crippen LogP contribution in [-0.4, -0.2) is 38.9 Å². The van der Waals surface area contributed by atoms with E-state index in [0.717, 1.165) is 61.8 Å². The van der Waals surface area contributed by atoms with Gasteiger partial charge in [-0.2, -0.15) is 0 Å². The van der Waals surface area contributed by atoms with E-state index >= 15 is 0 Å². The summed E-state index contributed by atoms with van der Waals surface area (Å²) in [5.41, 5.74) is 5.37. The van der Waals surface area contributed by atoms with Crippen LogP contribution < -0.4 is 18.9 Å². The van der Waals surface area contributed by atoms with Gasteiger partial charge in [-0.25, -0.2) is 0 Å². The third-order valence-electron chi connectivity index (χ3n) is 7.01. The van der Waals surface area contributed by atoms with E-state index in [2.05, 4.69) is 23.1 Å². The highest BCUT2D eigenvalue weighted by Gasteiger charge is 2.35. The Labute approximate surface area is 178 Å². The summed E-state index contributed by atoms with van der Waals surface area (Å²) in [6.45, 7) is 1.91. The Morgan fingerprint density at radius 1 is 0.867 bits per heavy atom. The standard InChI is InChI=1S/C25H31NO4/c1-27-22-9-8-16-12-21-19-14-24(30-18-6-4-5-7-18)23(28-2)13-17(19)10-11-26(21)15-20(16)25(22)29-3/h8-9,13-14,18,21H,4-7,10-12,15H2,1-3H3/t21-/m0/s1. The lowest BCUT2D eigenvalue weighted by Crippen LogP contribution is -2.39. The monoisotopic (exact) mass is 409 g/mol. The van der Waals surface area contributed by atoms with Crippen LogP contribution >= 0.6 is 0 Å². The van der Waals surface area contributed by atoms with Crippen molar-refractivity contribution < 1.29 is 18.9 Å². The van der Waals surface area contributed by atoms with Gasteiger partial charge in [-0.05, 0) is 73.4 Å². The number of fused-ring (bicyclic) bond motifs is 4. The van der Waals surface area contributed by atoms with E-state index in [-0.39, 0.29) is 0 Å². The molecular formula is C25H31NO4. The predicted octanol–water partition coefficient (Wildman–Crippen LogP) is 4.69. The Bertz CT molecular complexity index is 935. The average molecular weight is 410 g/mol. The predicted molar refractivity (Wildman–Crippen MR) is 116 cm³/mol. The maximum atomic E-state index is 6.40. The molecule has 5 heteroatoms. The molecule has 0 unspecified atom stereocenters. The van der Waals surface area contributed by atoms with Crippen LogP contribution in [0.4, 0.5) is 0 Å². The molecule has 5 rings (SSSR count). The van der Waals surface area contributed by atoms with E-state index in [4.69, 9.17) is 18.9 Å². The zero-order chi connectivity index (χ0) is 20.7. The van der Waals surface area contributed by atoms with Crippen molar-refractivity contribution in [2.24, 2.45) is 0 Å². The summed E-state index contributed by atoms with van der Waals surface area (Å²) in [6, 6.07) is 9.05. The molecule has 0 bridgehead atoms. The zero-order valence-corrected chi connectivity index (χ0v) is 18.2. The van der Waals surface area contributed by atoms with Crippen molar-refractivity contribution in [1.29, 1.82) is 0 Å². The SMILES string of the molecule is COc1cc2c(cc1OC1CCCC1)[C@@H]1Cc3ccc(OC)c(OC)c3CN1CC2. The van der Waals surface area contributed by atoms with Crippen LogP contribution in [0.3, 0.4) is 0 Å². The first-order valence-electron chi connectivity index (χ1n) is 11.1. The summed E-state index contributed by atoms with van der Waals surface area (Å²) in [6.07, 6.45) is 7.12. The van der Waals surface area contributed by atoms with Crippen LogP contribution in [0.25, 0.3) is 0 Å². The highest BCUT2D eigenvalue weighted by atomic mass is 16.5. The summed E-state index contributed by atoms with van der Waals surface area (Å²) in [4.78, 5) is 2.57. The molecule has 2 heterocycles. The second kappa shape index (κ2) is 8.03. The molecule has 2 aliphatic heterocycles. The second-order valence-electron chi connectivity index (χ2n) is 8.61. The lowest BCUT2D eigenvalue weighted by Gasteiger charge is -2.42. The van der Waals surface area contributed by atoms with Crippen LogP contribution in [0.15, 0.2) is 24.3 Å². The Balaban J connectivity index is 1.50. The van der Waals surface area contributed by atoms with E-state index in [1.165, 1.54) is 35.1 Å². The van der Waals surface area contributed by atoms with E-state index in [0.29, 0.717) is 12.1 Å². The van der Waals surface area contributed by atoms with Crippen LogP contribution in [0.5, 0.6) is 23.0 Å². The van der Waals surface area contributed by atoms with Gasteiger partial charge in [0.2, 0.25) is 0 Å². The molecule has 3 aliphatic rings. The third-order valence-corrected chi connectivity index (χ3v) is 7.01. The van der Waals surface area contributed by atoms with Crippen molar-refractivity contribution in [3.63, 3.8) is 0 Å². The molecule has 160 valence electrons. The molecule has 0 spiro atoms. The van der Waals surface area contributed by atoms with E-state index in [1.807, 2.05) is 6.07 Å². The largest absolute Gasteiger partial charge is 0.493 e. The van der Waals surface area contributed by atoms with Crippen LogP contribution in [0.2, 0.25) is 0 Å². The van der Waals surface area contributed by atoms with Crippen molar-refractivity contribution in [3.05, 3.63) is 46.5 Å². The maximum absolute atomic E-state index is 6.40. The number of ether oxygens (including phenoxy) is 4. The minimum absolute atomic E-state index is 0.320. The highest BCUT2D eigenvalue weighted by molar-refractivity contribution is 5.54. The smallest absolute Gasteiger partial charge is 0.165 e. The quantitative estimate of drug-likeness (QED) is 0.717. The molecule has 0 aromatic heterocycles. The maximum Gasteiger partial charge on any atom is 0.165 e. The van der Waals surface area contributed by atoms with Crippen molar-refractivity contribution in [3.8, 4) is 23.0 Å². The van der Waals surface area contributed by atoms with Crippen molar-refractivity contribution in [2.45, 2.75) is 57.2 Å². The number of nitrogens with zero attached hydrogens (tertiary/aromatic N) is 1. The summed E-state index contributed by atoms with van der Waals surface area (Å²) >= 11 is 0. The Kier molecular flexibility index (Phi) is 5.23. The first-order chi connectivity index (χ1) is 14.7. The van der Waals surface area contributed by atoms with Gasteiger partial charge in [-0.3, -0.25) is 4.90 Å². The molecule has 0 radical (unpaired) electrons. The van der Waals surface area contributed by atoms with Gasteiger partial charge in [0.05, 0.1) is 27.4 Å². The number of rotatable bonds is 5. The molecule has 2 aromatic carbocycles. The third kappa shape index (κ3) is 3.29. The van der Waals surface area contributed by atoms with Crippen molar-refractivity contribution >= 4 is 0 Å². The lowest BCUT2D eigenvalue weighted by molar-refractivity contribution is 0.155. The van der Waals surface area contributed by atoms with Crippen molar-refractivity contribution in [2.75, 3.05) is 27.9 Å². The number of benzene rings is 2. The van der Waals surface area contributed by atoms with Crippen LogP contribution in [0.1, 0.15) is 54.0 Å². The molecule has 30 heavy (non-hydrogen) atoms. The van der Waals surface area contributed by atoms with Gasteiger partial charge < -0.3 is 18.9 Å². The molecule has 0 saturated heterocycles. The van der Waals surface area contributed by atoms with E-state index in [1.54, 1.807) is 21.3 Å². The fourth-order valence-electron chi connectivity index (χ4n) is 5.43. The number of hydrogen-bond acceptors (Lipinski definition) is 5. The second-order valence-corrected chi connectivity index (χ2v) is 8.61. The van der Waals surface area contributed by atoms with Gasteiger partial charge in [0, 0.05) is 24.7 Å². The highest BCUT2D eigenvalue weighted by Crippen LogP contribution is 2.46. The Morgan fingerprint density at radius 3 is 2.40 bits per heavy atom. The summed E-state index contributed by atoms with van der Waals surface area (Å²) in [5.74, 6) is 3.46. The van der Waals surface area contributed by atoms with Crippen molar-refractivity contribution in [1.82, 2.24) is 4.90 Å². The molecule has 0 amide bonds. The molecular weight excluding hydrogens is 378 g/mol.